The predicted octanol–water partition coefficient (Wildman–Crippen LogP) is 4.30. The fourth-order valence-electron chi connectivity index (χ4n) is 3.79. The number of Topliss-reactive ketones (excluding diaryl/α,β-unsaturated/α-hetero) is 1. The Labute approximate surface area is 182 Å². The summed E-state index contributed by atoms with van der Waals surface area (Å²) in [5.41, 5.74) is 0.867. The number of anilines is 1. The van der Waals surface area contributed by atoms with Crippen molar-refractivity contribution in [2.24, 2.45) is 0 Å². The zero-order valence-electron chi connectivity index (χ0n) is 17.2. The van der Waals surface area contributed by atoms with Gasteiger partial charge in [0.2, 0.25) is 0 Å². The van der Waals surface area contributed by atoms with E-state index < -0.39 is 35.1 Å². The maximum Gasteiger partial charge on any atom is 0.300 e. The fourth-order valence-corrected chi connectivity index (χ4v) is 3.79. The maximum absolute atomic E-state index is 14.6. The van der Waals surface area contributed by atoms with E-state index in [4.69, 9.17) is 4.74 Å². The number of hydrogen-bond donors (Lipinski definition) is 1. The van der Waals surface area contributed by atoms with Crippen molar-refractivity contribution in [3.63, 3.8) is 0 Å². The molecular weight excluding hydrogens is 418 g/mol. The summed E-state index contributed by atoms with van der Waals surface area (Å²) in [7, 11) is 1.50. The standard InChI is InChI=1S/C24H18F2N2O4/c1-13-11-16(32-2)4-5-17(13)22(29)20-21(14-7-9-27-10-8-14)28(24(31)23(20)30)19-6-3-15(25)12-18(19)26/h3-12,21,29H,1-2H3/b22-20+. The van der Waals surface area contributed by atoms with Crippen molar-refractivity contribution in [1.82, 2.24) is 4.98 Å². The Kier molecular flexibility index (Phi) is 5.44. The van der Waals surface area contributed by atoms with Crippen LogP contribution >= 0.6 is 0 Å². The summed E-state index contributed by atoms with van der Waals surface area (Å²) in [6.07, 6.45) is 2.91. The van der Waals surface area contributed by atoms with E-state index in [0.29, 0.717) is 28.5 Å². The molecule has 0 bridgehead atoms. The molecule has 1 aromatic heterocycles. The molecule has 0 saturated carbocycles. The van der Waals surface area contributed by atoms with E-state index in [1.54, 1.807) is 37.3 Å². The zero-order chi connectivity index (χ0) is 23.0. The largest absolute Gasteiger partial charge is 0.507 e. The van der Waals surface area contributed by atoms with Crippen LogP contribution in [0.1, 0.15) is 22.7 Å². The van der Waals surface area contributed by atoms with Gasteiger partial charge in [0.05, 0.1) is 24.4 Å². The number of pyridine rings is 1. The summed E-state index contributed by atoms with van der Waals surface area (Å²) in [6, 6.07) is 9.53. The molecule has 1 amide bonds. The van der Waals surface area contributed by atoms with Crippen molar-refractivity contribution in [1.29, 1.82) is 0 Å². The molecule has 2 heterocycles. The van der Waals surface area contributed by atoms with Crippen LogP contribution in [0.2, 0.25) is 0 Å². The van der Waals surface area contributed by atoms with Gasteiger partial charge < -0.3 is 9.84 Å². The molecule has 0 spiro atoms. The van der Waals surface area contributed by atoms with Gasteiger partial charge >= 0.3 is 0 Å². The molecule has 4 rings (SSSR count). The second kappa shape index (κ2) is 8.22. The molecule has 0 radical (unpaired) electrons. The Bertz CT molecular complexity index is 1260. The Morgan fingerprint density at radius 3 is 2.41 bits per heavy atom. The summed E-state index contributed by atoms with van der Waals surface area (Å²) in [4.78, 5) is 30.9. The third kappa shape index (κ3) is 3.49. The number of amides is 1. The molecule has 6 nitrogen and oxygen atoms in total. The van der Waals surface area contributed by atoms with Crippen LogP contribution in [0.5, 0.6) is 5.75 Å². The maximum atomic E-state index is 14.6. The number of rotatable bonds is 4. The summed E-state index contributed by atoms with van der Waals surface area (Å²) < 4.78 is 33.3. The number of aliphatic hydroxyl groups excluding tert-OH is 1. The number of ether oxygens (including phenoxy) is 1. The minimum absolute atomic E-state index is 0.210. The number of ketones is 1. The third-order valence-electron chi connectivity index (χ3n) is 5.32. The number of aliphatic hydroxyl groups is 1. The van der Waals surface area contributed by atoms with Crippen molar-refractivity contribution in [3.05, 3.63) is 94.8 Å². The van der Waals surface area contributed by atoms with Crippen LogP contribution in [0.25, 0.3) is 5.76 Å². The Morgan fingerprint density at radius 1 is 1.06 bits per heavy atom. The smallest absolute Gasteiger partial charge is 0.300 e. The van der Waals surface area contributed by atoms with Gasteiger partial charge in [-0.05, 0) is 60.5 Å². The van der Waals surface area contributed by atoms with Crippen LogP contribution in [0.15, 0.2) is 66.5 Å². The first-order valence-electron chi connectivity index (χ1n) is 9.64. The van der Waals surface area contributed by atoms with E-state index in [2.05, 4.69) is 4.98 Å². The summed E-state index contributed by atoms with van der Waals surface area (Å²) in [5.74, 6) is -3.70. The van der Waals surface area contributed by atoms with Crippen molar-refractivity contribution in [2.75, 3.05) is 12.0 Å². The lowest BCUT2D eigenvalue weighted by Gasteiger charge is -2.25. The molecule has 1 N–H and O–H groups in total. The first-order chi connectivity index (χ1) is 15.3. The zero-order valence-corrected chi connectivity index (χ0v) is 17.2. The number of halogens is 2. The van der Waals surface area contributed by atoms with E-state index in [9.17, 15) is 23.5 Å². The van der Waals surface area contributed by atoms with Crippen LogP contribution in [0, 0.1) is 18.6 Å². The number of hydrogen-bond acceptors (Lipinski definition) is 5. The molecule has 1 aliphatic heterocycles. The van der Waals surface area contributed by atoms with Gasteiger partial charge in [-0.3, -0.25) is 19.5 Å². The second-order valence-electron chi connectivity index (χ2n) is 7.23. The van der Waals surface area contributed by atoms with Gasteiger partial charge in [-0.15, -0.1) is 0 Å². The number of aryl methyl sites for hydroxylation is 1. The lowest BCUT2D eigenvalue weighted by Crippen LogP contribution is -2.30. The van der Waals surface area contributed by atoms with Crippen LogP contribution in [0.4, 0.5) is 14.5 Å². The molecular formula is C24H18F2N2O4. The first kappa shape index (κ1) is 21.2. The molecule has 32 heavy (non-hydrogen) atoms. The Balaban J connectivity index is 1.96. The van der Waals surface area contributed by atoms with Gasteiger partial charge in [0, 0.05) is 24.0 Å². The number of carbonyl (C=O) groups is 2. The number of aromatic nitrogens is 1. The lowest BCUT2D eigenvalue weighted by atomic mass is 9.94. The number of nitrogens with zero attached hydrogens (tertiary/aromatic N) is 2. The van der Waals surface area contributed by atoms with Crippen LogP contribution < -0.4 is 9.64 Å². The SMILES string of the molecule is COc1ccc(/C(O)=C2\C(=O)C(=O)N(c3ccc(F)cc3F)C2c2ccncc2)c(C)c1. The molecule has 1 aliphatic rings. The summed E-state index contributed by atoms with van der Waals surface area (Å²) >= 11 is 0. The van der Waals surface area contributed by atoms with Crippen LogP contribution in [-0.4, -0.2) is 28.9 Å². The molecule has 8 heteroatoms. The quantitative estimate of drug-likeness (QED) is 0.375. The topological polar surface area (TPSA) is 79.7 Å². The van der Waals surface area contributed by atoms with Crippen LogP contribution in [0.3, 0.4) is 0 Å². The molecule has 1 saturated heterocycles. The van der Waals surface area contributed by atoms with Crippen molar-refractivity contribution >= 4 is 23.1 Å². The highest BCUT2D eigenvalue weighted by molar-refractivity contribution is 6.51. The summed E-state index contributed by atoms with van der Waals surface area (Å²) in [5, 5.41) is 11.1. The average Bonchev–Trinajstić information content (AvgIpc) is 3.04. The van der Waals surface area contributed by atoms with E-state index in [1.165, 1.54) is 19.5 Å². The Hall–Kier alpha value is -4.07. The van der Waals surface area contributed by atoms with E-state index in [1.807, 2.05) is 0 Å². The van der Waals surface area contributed by atoms with Gasteiger partial charge in [0.1, 0.15) is 23.1 Å². The number of benzene rings is 2. The fraction of sp³-hybridized carbons (Fsp3) is 0.125. The van der Waals surface area contributed by atoms with Gasteiger partial charge in [0.15, 0.2) is 0 Å². The van der Waals surface area contributed by atoms with E-state index >= 15 is 0 Å². The van der Waals surface area contributed by atoms with Gasteiger partial charge in [-0.2, -0.15) is 0 Å². The minimum atomic E-state index is -1.14. The molecule has 3 aromatic rings. The van der Waals surface area contributed by atoms with Gasteiger partial charge in [-0.25, -0.2) is 8.78 Å². The van der Waals surface area contributed by atoms with Crippen molar-refractivity contribution < 1.29 is 28.2 Å². The predicted molar refractivity (Wildman–Crippen MR) is 113 cm³/mol. The molecule has 1 atom stereocenters. The molecule has 1 unspecified atom stereocenters. The first-order valence-corrected chi connectivity index (χ1v) is 9.64. The highest BCUT2D eigenvalue weighted by Crippen LogP contribution is 2.43. The molecule has 162 valence electrons. The molecule has 1 fully saturated rings. The Morgan fingerprint density at radius 2 is 1.78 bits per heavy atom. The number of methoxy groups -OCH3 is 1. The normalized spacial score (nSPS) is 17.6. The van der Waals surface area contributed by atoms with Gasteiger partial charge in [-0.1, -0.05) is 0 Å². The average molecular weight is 436 g/mol. The van der Waals surface area contributed by atoms with Gasteiger partial charge in [0.25, 0.3) is 11.7 Å². The second-order valence-corrected chi connectivity index (χ2v) is 7.23. The molecule has 2 aromatic carbocycles. The van der Waals surface area contributed by atoms with Crippen molar-refractivity contribution in [3.8, 4) is 5.75 Å². The third-order valence-corrected chi connectivity index (χ3v) is 5.32. The van der Waals surface area contributed by atoms with Crippen molar-refractivity contribution in [2.45, 2.75) is 13.0 Å². The summed E-state index contributed by atoms with van der Waals surface area (Å²) in [6.45, 7) is 1.72. The van der Waals surface area contributed by atoms with Crippen LogP contribution in [-0.2, 0) is 9.59 Å². The van der Waals surface area contributed by atoms with E-state index in [-0.39, 0.29) is 11.3 Å². The number of carbonyl (C=O) groups excluding carboxylic acids is 2. The minimum Gasteiger partial charge on any atom is -0.507 e. The highest BCUT2D eigenvalue weighted by atomic mass is 19.1. The highest BCUT2D eigenvalue weighted by Gasteiger charge is 2.47. The van der Waals surface area contributed by atoms with E-state index in [0.717, 1.165) is 17.0 Å². The monoisotopic (exact) mass is 436 g/mol. The lowest BCUT2D eigenvalue weighted by molar-refractivity contribution is -0.132. The molecule has 0 aliphatic carbocycles.